The molecule has 1 aliphatic heterocycles. The summed E-state index contributed by atoms with van der Waals surface area (Å²) in [5.74, 6) is 0.760. The predicted octanol–water partition coefficient (Wildman–Crippen LogP) is 4.50. The average molecular weight is 359 g/mol. The van der Waals surface area contributed by atoms with Crippen LogP contribution in [-0.2, 0) is 6.54 Å². The molecule has 0 saturated carbocycles. The molecule has 2 nitrogen and oxygen atoms in total. The maximum Gasteiger partial charge on any atom is 0.0701 e. The Morgan fingerprint density at radius 1 is 1.50 bits per heavy atom. The summed E-state index contributed by atoms with van der Waals surface area (Å²) in [7, 11) is 0. The van der Waals surface area contributed by atoms with Crippen LogP contribution in [0.5, 0.6) is 0 Å². The Kier molecular flexibility index (Phi) is 5.69. The normalized spacial score (nSPS) is 28.2. The first-order valence-corrected chi connectivity index (χ1v) is 9.26. The Labute approximate surface area is 136 Å². The van der Waals surface area contributed by atoms with Crippen LogP contribution in [0.25, 0.3) is 0 Å². The van der Waals surface area contributed by atoms with Gasteiger partial charge in [-0.3, -0.25) is 4.90 Å². The molecule has 0 aromatic carbocycles. The van der Waals surface area contributed by atoms with E-state index in [1.54, 1.807) is 0 Å². The van der Waals surface area contributed by atoms with E-state index in [9.17, 15) is 0 Å². The Balaban J connectivity index is 2.07. The number of nitrogens with one attached hydrogen (secondary N) is 1. The summed E-state index contributed by atoms with van der Waals surface area (Å²) in [6, 6.07) is 5.06. The van der Waals surface area contributed by atoms with Crippen LogP contribution >= 0.6 is 27.3 Å². The van der Waals surface area contributed by atoms with Crippen LogP contribution in [0, 0.1) is 5.92 Å². The summed E-state index contributed by atoms with van der Waals surface area (Å²) in [6.45, 7) is 12.7. The molecule has 1 aromatic heterocycles. The van der Waals surface area contributed by atoms with Crippen molar-refractivity contribution in [1.82, 2.24) is 10.2 Å². The van der Waals surface area contributed by atoms with Crippen molar-refractivity contribution < 1.29 is 0 Å². The molecule has 1 fully saturated rings. The molecule has 4 heteroatoms. The molecule has 0 aliphatic carbocycles. The Bertz CT molecular complexity index is 432. The van der Waals surface area contributed by atoms with Crippen LogP contribution in [0.15, 0.2) is 15.9 Å². The second kappa shape index (κ2) is 6.91. The van der Waals surface area contributed by atoms with E-state index in [4.69, 9.17) is 0 Å². The highest BCUT2D eigenvalue weighted by Gasteiger charge is 2.36. The molecule has 2 rings (SSSR count). The van der Waals surface area contributed by atoms with Crippen molar-refractivity contribution in [2.75, 3.05) is 13.1 Å². The van der Waals surface area contributed by atoms with Gasteiger partial charge in [0.1, 0.15) is 0 Å². The molecule has 2 heterocycles. The lowest BCUT2D eigenvalue weighted by Crippen LogP contribution is -2.62. The lowest BCUT2D eigenvalue weighted by molar-refractivity contribution is 0.0381. The molecule has 0 bridgehead atoms. The van der Waals surface area contributed by atoms with Gasteiger partial charge in [-0.05, 0) is 53.7 Å². The Morgan fingerprint density at radius 3 is 2.80 bits per heavy atom. The molecule has 1 N–H and O–H groups in total. The lowest BCUT2D eigenvalue weighted by Gasteiger charge is -2.48. The van der Waals surface area contributed by atoms with E-state index in [-0.39, 0.29) is 5.54 Å². The van der Waals surface area contributed by atoms with Gasteiger partial charge in [0.05, 0.1) is 3.79 Å². The van der Waals surface area contributed by atoms with Gasteiger partial charge < -0.3 is 5.32 Å². The van der Waals surface area contributed by atoms with Gasteiger partial charge in [-0.2, -0.15) is 0 Å². The largest absolute Gasteiger partial charge is 0.311 e. The Hall–Kier alpha value is 0.1000. The fourth-order valence-electron chi connectivity index (χ4n) is 2.98. The highest BCUT2D eigenvalue weighted by Crippen LogP contribution is 2.30. The van der Waals surface area contributed by atoms with Gasteiger partial charge >= 0.3 is 0 Å². The van der Waals surface area contributed by atoms with Gasteiger partial charge in [-0.25, -0.2) is 0 Å². The minimum Gasteiger partial charge on any atom is -0.311 e. The fourth-order valence-corrected chi connectivity index (χ4v) is 4.48. The van der Waals surface area contributed by atoms with Crippen LogP contribution in [0.3, 0.4) is 0 Å². The van der Waals surface area contributed by atoms with Crippen molar-refractivity contribution >= 4 is 27.3 Å². The molecule has 1 saturated heterocycles. The second-order valence-electron chi connectivity index (χ2n) is 6.64. The number of piperazine rings is 1. The smallest absolute Gasteiger partial charge is 0.0701 e. The number of hydrogen-bond acceptors (Lipinski definition) is 3. The lowest BCUT2D eigenvalue weighted by atomic mass is 9.90. The van der Waals surface area contributed by atoms with Crippen molar-refractivity contribution in [2.24, 2.45) is 5.92 Å². The molecule has 20 heavy (non-hydrogen) atoms. The van der Waals surface area contributed by atoms with Gasteiger partial charge in [-0.15, -0.1) is 11.3 Å². The number of rotatable bonds is 5. The summed E-state index contributed by atoms with van der Waals surface area (Å²) in [4.78, 5) is 4.15. The van der Waals surface area contributed by atoms with E-state index in [2.05, 4.69) is 66.0 Å². The van der Waals surface area contributed by atoms with Gasteiger partial charge in [0.15, 0.2) is 0 Å². The van der Waals surface area contributed by atoms with Crippen molar-refractivity contribution in [2.45, 2.75) is 58.7 Å². The van der Waals surface area contributed by atoms with Crippen LogP contribution in [0.4, 0.5) is 0 Å². The molecule has 0 amide bonds. The number of halogens is 1. The first-order chi connectivity index (χ1) is 9.43. The highest BCUT2D eigenvalue weighted by molar-refractivity contribution is 9.11. The van der Waals surface area contributed by atoms with E-state index in [0.29, 0.717) is 6.04 Å². The number of nitrogens with zero attached hydrogens (tertiary/aromatic N) is 1. The summed E-state index contributed by atoms with van der Waals surface area (Å²) < 4.78 is 1.24. The topological polar surface area (TPSA) is 15.3 Å². The third kappa shape index (κ3) is 4.06. The average Bonchev–Trinajstić information content (AvgIpc) is 2.79. The summed E-state index contributed by atoms with van der Waals surface area (Å²) in [5.41, 5.74) is 0.282. The zero-order valence-corrected chi connectivity index (χ0v) is 15.5. The highest BCUT2D eigenvalue weighted by atomic mass is 79.9. The number of thiophene rings is 1. The van der Waals surface area contributed by atoms with Gasteiger partial charge in [-0.1, -0.05) is 20.8 Å². The van der Waals surface area contributed by atoms with Crippen molar-refractivity contribution in [3.8, 4) is 0 Å². The molecule has 2 atom stereocenters. The Morgan fingerprint density at radius 2 is 2.25 bits per heavy atom. The monoisotopic (exact) mass is 358 g/mol. The van der Waals surface area contributed by atoms with E-state index in [1.165, 1.54) is 21.5 Å². The minimum atomic E-state index is 0.282. The fraction of sp³-hybridized carbons (Fsp3) is 0.750. The van der Waals surface area contributed by atoms with Gasteiger partial charge in [0.25, 0.3) is 0 Å². The quantitative estimate of drug-likeness (QED) is 0.833. The molecule has 114 valence electrons. The molecular weight excluding hydrogens is 332 g/mol. The maximum atomic E-state index is 3.77. The van der Waals surface area contributed by atoms with Crippen molar-refractivity contribution in [1.29, 1.82) is 0 Å². The molecule has 2 unspecified atom stereocenters. The van der Waals surface area contributed by atoms with Crippen LogP contribution in [0.1, 0.15) is 45.4 Å². The van der Waals surface area contributed by atoms with Crippen molar-refractivity contribution in [3.05, 3.63) is 20.8 Å². The van der Waals surface area contributed by atoms with Crippen LogP contribution in [0.2, 0.25) is 0 Å². The van der Waals surface area contributed by atoms with E-state index in [0.717, 1.165) is 25.6 Å². The van der Waals surface area contributed by atoms with E-state index in [1.807, 2.05) is 11.3 Å². The summed E-state index contributed by atoms with van der Waals surface area (Å²) >= 11 is 5.44. The molecule has 1 aliphatic rings. The standard InChI is InChI=1S/C16H27BrN2S/c1-5-16(4)11-18-13(8-12(2)3)9-19(16)10-14-6-7-15(17)20-14/h6-7,12-13,18H,5,8-11H2,1-4H3. The third-order valence-corrected chi connectivity index (χ3v) is 6.08. The van der Waals surface area contributed by atoms with E-state index < -0.39 is 0 Å². The van der Waals surface area contributed by atoms with Crippen LogP contribution < -0.4 is 5.32 Å². The van der Waals surface area contributed by atoms with Crippen LogP contribution in [-0.4, -0.2) is 29.6 Å². The predicted molar refractivity (Wildman–Crippen MR) is 92.4 cm³/mol. The molecule has 0 spiro atoms. The molecular formula is C16H27BrN2S. The zero-order valence-electron chi connectivity index (χ0n) is 13.1. The first kappa shape index (κ1) is 16.5. The minimum absolute atomic E-state index is 0.282. The van der Waals surface area contributed by atoms with Gasteiger partial charge in [0, 0.05) is 36.1 Å². The maximum absolute atomic E-state index is 3.77. The summed E-state index contributed by atoms with van der Waals surface area (Å²) in [6.07, 6.45) is 2.46. The zero-order chi connectivity index (χ0) is 14.8. The summed E-state index contributed by atoms with van der Waals surface area (Å²) in [5, 5.41) is 3.77. The third-order valence-electron chi connectivity index (χ3n) is 4.47. The van der Waals surface area contributed by atoms with Gasteiger partial charge in [0.2, 0.25) is 0 Å². The molecule has 0 radical (unpaired) electrons. The molecule has 1 aromatic rings. The second-order valence-corrected chi connectivity index (χ2v) is 9.19. The van der Waals surface area contributed by atoms with Crippen molar-refractivity contribution in [3.63, 3.8) is 0 Å². The first-order valence-electron chi connectivity index (χ1n) is 7.65. The number of hydrogen-bond donors (Lipinski definition) is 1. The SMILES string of the molecule is CCC1(C)CNC(CC(C)C)CN1Cc1ccc(Br)s1. The van der Waals surface area contributed by atoms with E-state index >= 15 is 0 Å².